The maximum absolute atomic E-state index is 12.7. The summed E-state index contributed by atoms with van der Waals surface area (Å²) >= 11 is 3.46. The molecule has 1 aromatic heterocycles. The van der Waals surface area contributed by atoms with E-state index in [0.29, 0.717) is 11.3 Å². The Kier molecular flexibility index (Phi) is 3.82. The lowest BCUT2D eigenvalue weighted by atomic mass is 10.1. The SMILES string of the molecule is Cc1nc(C)c(C(=O)N2CCSC3COCCC32)s1. The number of carbonyl (C=O) groups is 1. The summed E-state index contributed by atoms with van der Waals surface area (Å²) in [5.41, 5.74) is 0.870. The number of aryl methyl sites for hydroxylation is 2. The van der Waals surface area contributed by atoms with Crippen LogP contribution in [0, 0.1) is 13.8 Å². The number of rotatable bonds is 1. The zero-order chi connectivity index (χ0) is 13.4. The van der Waals surface area contributed by atoms with Crippen LogP contribution in [0.5, 0.6) is 0 Å². The molecule has 2 atom stereocenters. The molecule has 2 saturated heterocycles. The van der Waals surface area contributed by atoms with Crippen molar-refractivity contribution >= 4 is 29.0 Å². The van der Waals surface area contributed by atoms with E-state index in [-0.39, 0.29) is 5.91 Å². The number of ether oxygens (including phenoxy) is 1. The van der Waals surface area contributed by atoms with Gasteiger partial charge in [-0.2, -0.15) is 11.8 Å². The van der Waals surface area contributed by atoms with Gasteiger partial charge in [-0.25, -0.2) is 4.98 Å². The normalized spacial score (nSPS) is 27.2. The summed E-state index contributed by atoms with van der Waals surface area (Å²) in [6.45, 7) is 6.28. The van der Waals surface area contributed by atoms with Gasteiger partial charge in [0.1, 0.15) is 4.88 Å². The minimum atomic E-state index is 0.167. The van der Waals surface area contributed by atoms with Gasteiger partial charge < -0.3 is 9.64 Å². The van der Waals surface area contributed by atoms with Gasteiger partial charge >= 0.3 is 0 Å². The molecule has 1 amide bonds. The van der Waals surface area contributed by atoms with Gasteiger partial charge in [0.2, 0.25) is 0 Å². The Morgan fingerprint density at radius 3 is 3.05 bits per heavy atom. The highest BCUT2D eigenvalue weighted by Crippen LogP contribution is 2.32. The second-order valence-electron chi connectivity index (χ2n) is 4.99. The second-order valence-corrected chi connectivity index (χ2v) is 7.54. The molecule has 104 valence electrons. The lowest BCUT2D eigenvalue weighted by Gasteiger charge is -2.43. The van der Waals surface area contributed by atoms with Gasteiger partial charge in [0.05, 0.1) is 17.3 Å². The van der Waals surface area contributed by atoms with Crippen LogP contribution >= 0.6 is 23.1 Å². The number of thiazole rings is 1. The maximum atomic E-state index is 12.7. The molecule has 2 aliphatic rings. The molecule has 4 nitrogen and oxygen atoms in total. The smallest absolute Gasteiger partial charge is 0.266 e. The standard InChI is InChI=1S/C13H18N2O2S2/c1-8-12(19-9(2)14-8)13(16)15-4-6-18-11-7-17-5-3-10(11)15/h10-11H,3-7H2,1-2H3. The van der Waals surface area contributed by atoms with Crippen LogP contribution in [0.4, 0.5) is 0 Å². The van der Waals surface area contributed by atoms with Crippen LogP contribution in [0.2, 0.25) is 0 Å². The van der Waals surface area contributed by atoms with Crippen molar-refractivity contribution in [3.05, 3.63) is 15.6 Å². The molecule has 0 aromatic carbocycles. The van der Waals surface area contributed by atoms with Crippen molar-refractivity contribution in [1.29, 1.82) is 0 Å². The predicted molar refractivity (Wildman–Crippen MR) is 78.1 cm³/mol. The van der Waals surface area contributed by atoms with Crippen molar-refractivity contribution in [1.82, 2.24) is 9.88 Å². The van der Waals surface area contributed by atoms with Gasteiger partial charge in [-0.05, 0) is 20.3 Å². The molecule has 0 bridgehead atoms. The summed E-state index contributed by atoms with van der Waals surface area (Å²) < 4.78 is 5.53. The Hall–Kier alpha value is -0.590. The topological polar surface area (TPSA) is 42.4 Å². The van der Waals surface area contributed by atoms with Crippen LogP contribution in [-0.2, 0) is 4.74 Å². The van der Waals surface area contributed by atoms with E-state index in [9.17, 15) is 4.79 Å². The largest absolute Gasteiger partial charge is 0.380 e. The second kappa shape index (κ2) is 5.42. The van der Waals surface area contributed by atoms with Crippen molar-refractivity contribution < 1.29 is 9.53 Å². The van der Waals surface area contributed by atoms with Crippen LogP contribution < -0.4 is 0 Å². The van der Waals surface area contributed by atoms with Crippen molar-refractivity contribution in [2.75, 3.05) is 25.5 Å². The van der Waals surface area contributed by atoms with Crippen molar-refractivity contribution in [3.8, 4) is 0 Å². The van der Waals surface area contributed by atoms with Gasteiger partial charge in [-0.1, -0.05) is 0 Å². The lowest BCUT2D eigenvalue weighted by Crippen LogP contribution is -2.54. The van der Waals surface area contributed by atoms with Gasteiger partial charge in [0.15, 0.2) is 0 Å². The van der Waals surface area contributed by atoms with Gasteiger partial charge in [-0.3, -0.25) is 4.79 Å². The first-order valence-electron chi connectivity index (χ1n) is 6.61. The monoisotopic (exact) mass is 298 g/mol. The maximum Gasteiger partial charge on any atom is 0.266 e. The predicted octanol–water partition coefficient (Wildman–Crippen LogP) is 2.11. The Bertz CT molecular complexity index is 487. The van der Waals surface area contributed by atoms with E-state index in [1.165, 1.54) is 11.3 Å². The fraction of sp³-hybridized carbons (Fsp3) is 0.692. The first-order valence-corrected chi connectivity index (χ1v) is 8.47. The Labute approximate surface area is 121 Å². The molecule has 1 aromatic rings. The summed E-state index contributed by atoms with van der Waals surface area (Å²) in [5, 5.41) is 1.41. The van der Waals surface area contributed by atoms with E-state index in [2.05, 4.69) is 9.88 Å². The lowest BCUT2D eigenvalue weighted by molar-refractivity contribution is 0.0321. The van der Waals surface area contributed by atoms with Crippen LogP contribution in [0.15, 0.2) is 0 Å². The zero-order valence-corrected chi connectivity index (χ0v) is 12.9. The molecule has 2 aliphatic heterocycles. The number of amides is 1. The third kappa shape index (κ3) is 2.53. The molecule has 0 aliphatic carbocycles. The van der Waals surface area contributed by atoms with Crippen LogP contribution in [0.25, 0.3) is 0 Å². The first kappa shape index (κ1) is 13.4. The van der Waals surface area contributed by atoms with E-state index < -0.39 is 0 Å². The van der Waals surface area contributed by atoms with E-state index >= 15 is 0 Å². The fourth-order valence-corrected chi connectivity index (χ4v) is 4.98. The van der Waals surface area contributed by atoms with Crippen molar-refractivity contribution in [3.63, 3.8) is 0 Å². The van der Waals surface area contributed by atoms with Crippen molar-refractivity contribution in [2.45, 2.75) is 31.6 Å². The molecule has 2 unspecified atom stereocenters. The number of fused-ring (bicyclic) bond motifs is 1. The number of aromatic nitrogens is 1. The summed E-state index contributed by atoms with van der Waals surface area (Å²) in [6, 6.07) is 0.335. The van der Waals surface area contributed by atoms with Crippen LogP contribution in [0.1, 0.15) is 26.8 Å². The summed E-state index contributed by atoms with van der Waals surface area (Å²) in [7, 11) is 0. The quantitative estimate of drug-likeness (QED) is 0.796. The molecular weight excluding hydrogens is 280 g/mol. The third-order valence-corrected chi connectivity index (χ3v) is 6.05. The Morgan fingerprint density at radius 1 is 1.47 bits per heavy atom. The van der Waals surface area contributed by atoms with E-state index in [1.807, 2.05) is 25.6 Å². The summed E-state index contributed by atoms with van der Waals surface area (Å²) in [4.78, 5) is 20.0. The summed E-state index contributed by atoms with van der Waals surface area (Å²) in [5.74, 6) is 1.17. The minimum absolute atomic E-state index is 0.167. The zero-order valence-electron chi connectivity index (χ0n) is 11.2. The van der Waals surface area contributed by atoms with Crippen LogP contribution in [-0.4, -0.2) is 52.6 Å². The molecule has 6 heteroatoms. The van der Waals surface area contributed by atoms with E-state index in [4.69, 9.17) is 4.74 Å². The summed E-state index contributed by atoms with van der Waals surface area (Å²) in [6.07, 6.45) is 0.959. The fourth-order valence-electron chi connectivity index (χ4n) is 2.80. The van der Waals surface area contributed by atoms with Gasteiger partial charge in [0.25, 0.3) is 5.91 Å². The third-order valence-electron chi connectivity index (χ3n) is 3.69. The van der Waals surface area contributed by atoms with Gasteiger partial charge in [0, 0.05) is 30.2 Å². The average molecular weight is 298 g/mol. The number of carbonyl (C=O) groups excluding carboxylic acids is 1. The number of hydrogen-bond acceptors (Lipinski definition) is 5. The highest BCUT2D eigenvalue weighted by atomic mass is 32.2. The number of thioether (sulfide) groups is 1. The highest BCUT2D eigenvalue weighted by Gasteiger charge is 2.38. The van der Waals surface area contributed by atoms with Gasteiger partial charge in [-0.15, -0.1) is 11.3 Å². The molecule has 0 N–H and O–H groups in total. The molecular formula is C13H18N2O2S2. The molecule has 3 rings (SSSR count). The van der Waals surface area contributed by atoms with Crippen molar-refractivity contribution in [2.24, 2.45) is 0 Å². The Morgan fingerprint density at radius 2 is 2.32 bits per heavy atom. The Balaban J connectivity index is 1.83. The average Bonchev–Trinajstić information content (AvgIpc) is 2.76. The van der Waals surface area contributed by atoms with Crippen LogP contribution in [0.3, 0.4) is 0 Å². The van der Waals surface area contributed by atoms with E-state index in [0.717, 1.165) is 47.5 Å². The molecule has 2 fully saturated rings. The molecule has 0 radical (unpaired) electrons. The van der Waals surface area contributed by atoms with E-state index in [1.54, 1.807) is 0 Å². The molecule has 3 heterocycles. The highest BCUT2D eigenvalue weighted by molar-refractivity contribution is 8.00. The molecule has 19 heavy (non-hydrogen) atoms. The number of nitrogens with zero attached hydrogens (tertiary/aromatic N) is 2. The minimum Gasteiger partial charge on any atom is -0.380 e. The molecule has 0 spiro atoms. The number of hydrogen-bond donors (Lipinski definition) is 0. The molecule has 0 saturated carbocycles. The first-order chi connectivity index (χ1) is 9.16.